The standard InChI is InChI=1S/C23H23NO5/c1-23(2,3)22(27)24-18-10-8-15(9-11-18)19(25)14-29-21(26)17-12-16-6-4-5-7-20(16)28-13-17/h4-12H,13-14H2,1-3H3,(H,24,27). The number of hydrogen-bond donors (Lipinski definition) is 1. The molecule has 1 heterocycles. The first kappa shape index (κ1) is 20.3. The number of esters is 1. The van der Waals surface area contributed by atoms with E-state index in [0.29, 0.717) is 22.6 Å². The van der Waals surface area contributed by atoms with E-state index in [1.54, 1.807) is 30.3 Å². The van der Waals surface area contributed by atoms with E-state index in [-0.39, 0.29) is 24.9 Å². The summed E-state index contributed by atoms with van der Waals surface area (Å²) < 4.78 is 10.7. The Balaban J connectivity index is 1.56. The number of hydrogen-bond acceptors (Lipinski definition) is 5. The fraction of sp³-hybridized carbons (Fsp3) is 0.261. The van der Waals surface area contributed by atoms with Crippen LogP contribution in [0.1, 0.15) is 36.7 Å². The third-order valence-electron chi connectivity index (χ3n) is 4.37. The lowest BCUT2D eigenvalue weighted by Crippen LogP contribution is -2.27. The predicted octanol–water partition coefficient (Wildman–Crippen LogP) is 3.87. The topological polar surface area (TPSA) is 81.7 Å². The van der Waals surface area contributed by atoms with Crippen LogP contribution in [-0.4, -0.2) is 30.9 Å². The van der Waals surface area contributed by atoms with E-state index in [4.69, 9.17) is 9.47 Å². The number of Topliss-reactive ketones (excluding diaryl/α,β-unsaturated/α-hetero) is 1. The van der Waals surface area contributed by atoms with Crippen molar-refractivity contribution in [3.05, 3.63) is 65.2 Å². The number of fused-ring (bicyclic) bond motifs is 1. The number of ether oxygens (including phenoxy) is 2. The predicted molar refractivity (Wildman–Crippen MR) is 110 cm³/mol. The summed E-state index contributed by atoms with van der Waals surface area (Å²) in [6.45, 7) is 5.19. The smallest absolute Gasteiger partial charge is 0.337 e. The van der Waals surface area contributed by atoms with Gasteiger partial charge in [-0.05, 0) is 36.4 Å². The first-order chi connectivity index (χ1) is 13.7. The van der Waals surface area contributed by atoms with Gasteiger partial charge in [-0.25, -0.2) is 4.79 Å². The summed E-state index contributed by atoms with van der Waals surface area (Å²) in [4.78, 5) is 36.6. The van der Waals surface area contributed by atoms with Crippen molar-refractivity contribution in [2.75, 3.05) is 18.5 Å². The lowest BCUT2D eigenvalue weighted by Gasteiger charge is -2.17. The molecule has 0 bridgehead atoms. The number of benzene rings is 2. The average Bonchev–Trinajstić information content (AvgIpc) is 2.71. The second-order valence-electron chi connectivity index (χ2n) is 7.78. The quantitative estimate of drug-likeness (QED) is 0.616. The van der Waals surface area contributed by atoms with E-state index in [1.807, 2.05) is 45.0 Å². The Kier molecular flexibility index (Phi) is 5.82. The molecule has 0 unspecified atom stereocenters. The Morgan fingerprint density at radius 3 is 2.41 bits per heavy atom. The van der Waals surface area contributed by atoms with Crippen LogP contribution in [-0.2, 0) is 14.3 Å². The van der Waals surface area contributed by atoms with Gasteiger partial charge >= 0.3 is 5.97 Å². The molecule has 29 heavy (non-hydrogen) atoms. The van der Waals surface area contributed by atoms with Crippen LogP contribution < -0.4 is 10.1 Å². The second kappa shape index (κ2) is 8.31. The van der Waals surface area contributed by atoms with E-state index in [2.05, 4.69) is 5.32 Å². The minimum absolute atomic E-state index is 0.103. The van der Waals surface area contributed by atoms with Crippen LogP contribution in [0, 0.1) is 5.41 Å². The maximum absolute atomic E-state index is 12.3. The molecule has 150 valence electrons. The van der Waals surface area contributed by atoms with E-state index in [0.717, 1.165) is 5.56 Å². The van der Waals surface area contributed by atoms with Gasteiger partial charge in [0.25, 0.3) is 0 Å². The highest BCUT2D eigenvalue weighted by Crippen LogP contribution is 2.26. The van der Waals surface area contributed by atoms with Crippen molar-refractivity contribution in [1.82, 2.24) is 0 Å². The van der Waals surface area contributed by atoms with Gasteiger partial charge in [0.15, 0.2) is 12.4 Å². The largest absolute Gasteiger partial charge is 0.488 e. The van der Waals surface area contributed by atoms with Gasteiger partial charge in [-0.3, -0.25) is 9.59 Å². The van der Waals surface area contributed by atoms with Crippen molar-refractivity contribution in [3.8, 4) is 5.75 Å². The number of para-hydroxylation sites is 1. The van der Waals surface area contributed by atoms with Crippen molar-refractivity contribution < 1.29 is 23.9 Å². The van der Waals surface area contributed by atoms with Crippen molar-refractivity contribution in [3.63, 3.8) is 0 Å². The summed E-state index contributed by atoms with van der Waals surface area (Å²) in [5.41, 5.74) is 1.63. The molecule has 0 atom stereocenters. The summed E-state index contributed by atoms with van der Waals surface area (Å²) in [7, 11) is 0. The second-order valence-corrected chi connectivity index (χ2v) is 7.78. The van der Waals surface area contributed by atoms with Crippen LogP contribution in [0.15, 0.2) is 54.1 Å². The van der Waals surface area contributed by atoms with Crippen LogP contribution in [0.3, 0.4) is 0 Å². The molecule has 3 rings (SSSR count). The molecule has 0 saturated heterocycles. The zero-order chi connectivity index (χ0) is 21.0. The number of anilines is 1. The summed E-state index contributed by atoms with van der Waals surface area (Å²) in [6, 6.07) is 13.8. The molecule has 0 aliphatic carbocycles. The molecule has 0 aromatic heterocycles. The van der Waals surface area contributed by atoms with E-state index in [9.17, 15) is 14.4 Å². The fourth-order valence-electron chi connectivity index (χ4n) is 2.60. The van der Waals surface area contributed by atoms with E-state index in [1.165, 1.54) is 0 Å². The van der Waals surface area contributed by atoms with Crippen LogP contribution in [0.5, 0.6) is 5.75 Å². The molecule has 1 amide bonds. The molecule has 0 radical (unpaired) electrons. The molecule has 6 nitrogen and oxygen atoms in total. The van der Waals surface area contributed by atoms with Gasteiger partial charge in [0.1, 0.15) is 12.4 Å². The first-order valence-corrected chi connectivity index (χ1v) is 9.28. The fourth-order valence-corrected chi connectivity index (χ4v) is 2.60. The normalized spacial score (nSPS) is 12.9. The van der Waals surface area contributed by atoms with Crippen molar-refractivity contribution in [1.29, 1.82) is 0 Å². The summed E-state index contributed by atoms with van der Waals surface area (Å²) >= 11 is 0. The van der Waals surface area contributed by atoms with Gasteiger partial charge in [0.2, 0.25) is 5.91 Å². The van der Waals surface area contributed by atoms with Crippen LogP contribution in [0.4, 0.5) is 5.69 Å². The van der Waals surface area contributed by atoms with Gasteiger partial charge in [0.05, 0.1) is 5.57 Å². The van der Waals surface area contributed by atoms with Crippen molar-refractivity contribution >= 4 is 29.4 Å². The third kappa shape index (κ3) is 5.10. The summed E-state index contributed by atoms with van der Waals surface area (Å²) in [5.74, 6) is -0.319. The SMILES string of the molecule is CC(C)(C)C(=O)Nc1ccc(C(=O)COC(=O)C2=Cc3ccccc3OC2)cc1. The van der Waals surface area contributed by atoms with Gasteiger partial charge in [-0.15, -0.1) is 0 Å². The van der Waals surface area contributed by atoms with Crippen molar-refractivity contribution in [2.45, 2.75) is 20.8 Å². The molecule has 0 fully saturated rings. The number of carbonyl (C=O) groups is 3. The lowest BCUT2D eigenvalue weighted by molar-refractivity contribution is -0.138. The summed E-state index contributed by atoms with van der Waals surface area (Å²) in [5, 5.41) is 2.79. The zero-order valence-electron chi connectivity index (χ0n) is 16.7. The van der Waals surface area contributed by atoms with Gasteiger partial charge in [-0.2, -0.15) is 0 Å². The molecular weight excluding hydrogens is 370 g/mol. The first-order valence-electron chi connectivity index (χ1n) is 9.28. The van der Waals surface area contributed by atoms with Crippen LogP contribution in [0.25, 0.3) is 6.08 Å². The van der Waals surface area contributed by atoms with Gasteiger partial charge in [-0.1, -0.05) is 39.0 Å². The zero-order valence-corrected chi connectivity index (χ0v) is 16.7. The molecule has 2 aromatic carbocycles. The monoisotopic (exact) mass is 393 g/mol. The van der Waals surface area contributed by atoms with E-state index >= 15 is 0 Å². The highest BCUT2D eigenvalue weighted by Gasteiger charge is 2.22. The van der Waals surface area contributed by atoms with Crippen molar-refractivity contribution in [2.24, 2.45) is 5.41 Å². The molecule has 1 N–H and O–H groups in total. The minimum atomic E-state index is -0.582. The number of nitrogens with one attached hydrogen (secondary N) is 1. The maximum Gasteiger partial charge on any atom is 0.337 e. The molecular formula is C23H23NO5. The Morgan fingerprint density at radius 1 is 1.03 bits per heavy atom. The van der Waals surface area contributed by atoms with Crippen LogP contribution in [0.2, 0.25) is 0 Å². The highest BCUT2D eigenvalue weighted by atomic mass is 16.5. The van der Waals surface area contributed by atoms with Gasteiger partial charge < -0.3 is 14.8 Å². The molecule has 1 aliphatic heterocycles. The number of rotatable bonds is 5. The molecule has 0 spiro atoms. The van der Waals surface area contributed by atoms with Crippen LogP contribution >= 0.6 is 0 Å². The number of amides is 1. The molecule has 6 heteroatoms. The number of ketones is 1. The Hall–Kier alpha value is -3.41. The number of carbonyl (C=O) groups excluding carboxylic acids is 3. The Morgan fingerprint density at radius 2 is 1.72 bits per heavy atom. The lowest BCUT2D eigenvalue weighted by atomic mass is 9.95. The molecule has 2 aromatic rings. The Labute approximate surface area is 169 Å². The van der Waals surface area contributed by atoms with Gasteiger partial charge in [0, 0.05) is 22.2 Å². The summed E-state index contributed by atoms with van der Waals surface area (Å²) in [6.07, 6.45) is 1.71. The highest BCUT2D eigenvalue weighted by molar-refractivity contribution is 6.01. The molecule has 1 aliphatic rings. The Bertz CT molecular complexity index is 968. The average molecular weight is 393 g/mol. The van der Waals surface area contributed by atoms with E-state index < -0.39 is 11.4 Å². The maximum atomic E-state index is 12.3. The molecule has 0 saturated carbocycles. The third-order valence-corrected chi connectivity index (χ3v) is 4.37. The minimum Gasteiger partial charge on any atom is -0.488 e.